The van der Waals surface area contributed by atoms with E-state index in [1.54, 1.807) is 0 Å². The van der Waals surface area contributed by atoms with E-state index in [2.05, 4.69) is 11.9 Å². The maximum Gasteiger partial charge on any atom is 0.254 e. The van der Waals surface area contributed by atoms with E-state index in [1.165, 1.54) is 0 Å². The number of hydrogen-bond donors (Lipinski definition) is 2. The standard InChI is InChI=1S/C11H15NO3/c1-2-3-4-5-6-7-11(14)9-8(15-9)10(13)12-11/h2,4-5,8-9,14H,1,3,6-7H2,(H,12,13)/b5-4+/t8-,9+,11+/m1/s1. The second-order valence-corrected chi connectivity index (χ2v) is 3.93. The smallest absolute Gasteiger partial charge is 0.254 e. The third-order valence-electron chi connectivity index (χ3n) is 2.72. The summed E-state index contributed by atoms with van der Waals surface area (Å²) in [5.41, 5.74) is -1.15. The molecule has 0 saturated carbocycles. The molecule has 0 aliphatic carbocycles. The predicted octanol–water partition coefficient (Wildman–Crippen LogP) is 0.485. The summed E-state index contributed by atoms with van der Waals surface area (Å²) < 4.78 is 5.06. The number of allylic oxidation sites excluding steroid dienone is 3. The molecule has 0 aromatic carbocycles. The fourth-order valence-corrected chi connectivity index (χ4v) is 1.85. The molecule has 3 atom stereocenters. The van der Waals surface area contributed by atoms with E-state index in [-0.39, 0.29) is 12.0 Å². The summed E-state index contributed by atoms with van der Waals surface area (Å²) in [6, 6.07) is 0. The van der Waals surface area contributed by atoms with Crippen LogP contribution in [0.4, 0.5) is 0 Å². The van der Waals surface area contributed by atoms with Gasteiger partial charge in [0.2, 0.25) is 0 Å². The maximum absolute atomic E-state index is 11.1. The first-order chi connectivity index (χ1) is 7.17. The predicted molar refractivity (Wildman–Crippen MR) is 54.9 cm³/mol. The Morgan fingerprint density at radius 1 is 1.60 bits per heavy atom. The number of amides is 1. The molecular formula is C11H15NO3. The first-order valence-corrected chi connectivity index (χ1v) is 5.13. The normalized spacial score (nSPS) is 37.8. The summed E-state index contributed by atoms with van der Waals surface area (Å²) in [6.07, 6.45) is 7.06. The topological polar surface area (TPSA) is 61.9 Å². The monoisotopic (exact) mass is 209 g/mol. The molecule has 0 spiro atoms. The minimum Gasteiger partial charge on any atom is -0.368 e. The van der Waals surface area contributed by atoms with Crippen LogP contribution in [0.2, 0.25) is 0 Å². The van der Waals surface area contributed by atoms with Crippen LogP contribution in [-0.4, -0.2) is 28.9 Å². The van der Waals surface area contributed by atoms with Gasteiger partial charge in [0.15, 0.2) is 11.8 Å². The summed E-state index contributed by atoms with van der Waals surface area (Å²) in [6.45, 7) is 3.60. The summed E-state index contributed by atoms with van der Waals surface area (Å²) in [5.74, 6) is -0.197. The summed E-state index contributed by atoms with van der Waals surface area (Å²) in [7, 11) is 0. The van der Waals surface area contributed by atoms with Crippen LogP contribution < -0.4 is 5.32 Å². The Hall–Kier alpha value is -1.13. The number of epoxide rings is 1. The van der Waals surface area contributed by atoms with Crippen LogP contribution in [0.1, 0.15) is 19.3 Å². The largest absolute Gasteiger partial charge is 0.368 e. The number of carbonyl (C=O) groups excluding carboxylic acids is 1. The van der Waals surface area contributed by atoms with Crippen molar-refractivity contribution in [3.8, 4) is 0 Å². The van der Waals surface area contributed by atoms with E-state index in [0.29, 0.717) is 6.42 Å². The lowest BCUT2D eigenvalue weighted by atomic mass is 10.0. The SMILES string of the molecule is C=CC/C=C/CC[C@@]1(O)NC(=O)[C@@H]2O[C@@H]21. The molecule has 2 aliphatic rings. The Bertz CT molecular complexity index is 313. The minimum atomic E-state index is -1.15. The first kappa shape index (κ1) is 10.4. The number of hydrogen-bond acceptors (Lipinski definition) is 3. The van der Waals surface area contributed by atoms with Crippen molar-refractivity contribution in [1.82, 2.24) is 5.32 Å². The molecule has 0 aromatic rings. The van der Waals surface area contributed by atoms with Gasteiger partial charge in [-0.25, -0.2) is 0 Å². The minimum absolute atomic E-state index is 0.197. The molecular weight excluding hydrogens is 194 g/mol. The molecule has 82 valence electrons. The van der Waals surface area contributed by atoms with Crippen molar-refractivity contribution in [2.75, 3.05) is 0 Å². The van der Waals surface area contributed by atoms with Crippen molar-refractivity contribution in [2.24, 2.45) is 0 Å². The van der Waals surface area contributed by atoms with E-state index in [0.717, 1.165) is 12.8 Å². The van der Waals surface area contributed by atoms with E-state index < -0.39 is 11.8 Å². The third kappa shape index (κ3) is 1.96. The lowest BCUT2D eigenvalue weighted by Crippen LogP contribution is -2.47. The Balaban J connectivity index is 1.79. The lowest BCUT2D eigenvalue weighted by molar-refractivity contribution is -0.129. The zero-order chi connectivity index (χ0) is 10.9. The van der Waals surface area contributed by atoms with Gasteiger partial charge in [-0.15, -0.1) is 6.58 Å². The van der Waals surface area contributed by atoms with Crippen LogP contribution in [0.3, 0.4) is 0 Å². The summed E-state index contributed by atoms with van der Waals surface area (Å²) in [5, 5.41) is 12.6. The molecule has 0 aromatic heterocycles. The van der Waals surface area contributed by atoms with E-state index in [1.807, 2.05) is 18.2 Å². The average Bonchev–Trinajstić information content (AvgIpc) is 2.93. The zero-order valence-corrected chi connectivity index (χ0v) is 8.48. The van der Waals surface area contributed by atoms with Gasteiger partial charge < -0.3 is 15.2 Å². The number of rotatable bonds is 5. The second-order valence-electron chi connectivity index (χ2n) is 3.93. The summed E-state index contributed by atoms with van der Waals surface area (Å²) >= 11 is 0. The number of carbonyl (C=O) groups is 1. The quantitative estimate of drug-likeness (QED) is 0.511. The number of morpholine rings is 1. The first-order valence-electron chi connectivity index (χ1n) is 5.13. The molecule has 4 nitrogen and oxygen atoms in total. The van der Waals surface area contributed by atoms with Gasteiger partial charge >= 0.3 is 0 Å². The fourth-order valence-electron chi connectivity index (χ4n) is 1.85. The van der Waals surface area contributed by atoms with Gasteiger partial charge in [0.05, 0.1) is 0 Å². The highest BCUT2D eigenvalue weighted by Crippen LogP contribution is 2.39. The molecule has 2 aliphatic heterocycles. The molecule has 0 radical (unpaired) electrons. The third-order valence-corrected chi connectivity index (χ3v) is 2.72. The fraction of sp³-hybridized carbons (Fsp3) is 0.545. The van der Waals surface area contributed by atoms with Crippen LogP contribution in [0.15, 0.2) is 24.8 Å². The van der Waals surface area contributed by atoms with Gasteiger partial charge in [0, 0.05) is 6.42 Å². The Morgan fingerprint density at radius 3 is 2.93 bits per heavy atom. The van der Waals surface area contributed by atoms with Gasteiger partial charge in [-0.2, -0.15) is 0 Å². The van der Waals surface area contributed by atoms with Crippen LogP contribution in [0.25, 0.3) is 0 Å². The number of fused-ring (bicyclic) bond motifs is 1. The van der Waals surface area contributed by atoms with Crippen LogP contribution in [0.5, 0.6) is 0 Å². The van der Waals surface area contributed by atoms with Gasteiger partial charge in [0.1, 0.15) is 6.10 Å². The molecule has 4 heteroatoms. The van der Waals surface area contributed by atoms with Crippen molar-refractivity contribution in [3.63, 3.8) is 0 Å². The highest BCUT2D eigenvalue weighted by molar-refractivity contribution is 5.88. The molecule has 1 amide bonds. The average molecular weight is 209 g/mol. The van der Waals surface area contributed by atoms with Gasteiger partial charge in [-0.05, 0) is 12.8 Å². The molecule has 2 saturated heterocycles. The van der Waals surface area contributed by atoms with Crippen molar-refractivity contribution in [3.05, 3.63) is 24.8 Å². The summed E-state index contributed by atoms with van der Waals surface area (Å²) in [4.78, 5) is 11.1. The van der Waals surface area contributed by atoms with E-state index in [9.17, 15) is 9.90 Å². The molecule has 2 rings (SSSR count). The molecule has 2 heterocycles. The Kier molecular flexibility index (Phi) is 2.63. The number of aliphatic hydroxyl groups is 1. The van der Waals surface area contributed by atoms with E-state index in [4.69, 9.17) is 4.74 Å². The molecule has 0 bridgehead atoms. The zero-order valence-electron chi connectivity index (χ0n) is 8.48. The lowest BCUT2D eigenvalue weighted by Gasteiger charge is -2.22. The molecule has 15 heavy (non-hydrogen) atoms. The Morgan fingerprint density at radius 2 is 2.40 bits per heavy atom. The van der Waals surface area contributed by atoms with E-state index >= 15 is 0 Å². The molecule has 2 N–H and O–H groups in total. The highest BCUT2D eigenvalue weighted by Gasteiger charge is 2.64. The number of ether oxygens (including phenoxy) is 1. The van der Waals surface area contributed by atoms with Crippen molar-refractivity contribution >= 4 is 5.91 Å². The van der Waals surface area contributed by atoms with Crippen molar-refractivity contribution < 1.29 is 14.6 Å². The van der Waals surface area contributed by atoms with Crippen molar-refractivity contribution in [2.45, 2.75) is 37.2 Å². The van der Waals surface area contributed by atoms with Crippen LogP contribution >= 0.6 is 0 Å². The van der Waals surface area contributed by atoms with Crippen LogP contribution in [0, 0.1) is 0 Å². The highest BCUT2D eigenvalue weighted by atomic mass is 16.6. The second kappa shape index (κ2) is 3.79. The van der Waals surface area contributed by atoms with Gasteiger partial charge in [0.25, 0.3) is 5.91 Å². The molecule has 0 unspecified atom stereocenters. The van der Waals surface area contributed by atoms with Crippen LogP contribution in [-0.2, 0) is 9.53 Å². The Labute approximate surface area is 88.6 Å². The number of nitrogens with one attached hydrogen (secondary N) is 1. The van der Waals surface area contributed by atoms with Crippen molar-refractivity contribution in [1.29, 1.82) is 0 Å². The maximum atomic E-state index is 11.1. The van der Waals surface area contributed by atoms with Gasteiger partial charge in [-0.1, -0.05) is 18.2 Å². The molecule has 2 fully saturated rings. The van der Waals surface area contributed by atoms with Gasteiger partial charge in [-0.3, -0.25) is 4.79 Å².